The summed E-state index contributed by atoms with van der Waals surface area (Å²) in [7, 11) is 0. The van der Waals surface area contributed by atoms with Crippen LogP contribution in [0.1, 0.15) is 24.0 Å². The highest BCUT2D eigenvalue weighted by molar-refractivity contribution is 5.31. The fourth-order valence-electron chi connectivity index (χ4n) is 3.38. The molecule has 1 aliphatic rings. The van der Waals surface area contributed by atoms with Crippen LogP contribution in [0.25, 0.3) is 0 Å². The molecule has 1 N–H and O–H groups in total. The fourth-order valence-corrected chi connectivity index (χ4v) is 3.38. The molecule has 2 aromatic carbocycles. The zero-order valence-corrected chi connectivity index (χ0v) is 15.8. The summed E-state index contributed by atoms with van der Waals surface area (Å²) in [6, 6.07) is 14.3. The van der Waals surface area contributed by atoms with Crippen LogP contribution in [0.4, 0.5) is 4.39 Å². The van der Waals surface area contributed by atoms with Gasteiger partial charge < -0.3 is 14.6 Å². The number of aryl methyl sites for hydroxylation is 1. The molecular formula is C22H28FNO3. The summed E-state index contributed by atoms with van der Waals surface area (Å²) < 4.78 is 24.7. The number of para-hydroxylation sites is 1. The first-order valence-electron chi connectivity index (χ1n) is 9.55. The maximum Gasteiger partial charge on any atom is 0.123 e. The van der Waals surface area contributed by atoms with Crippen LogP contribution in [0.2, 0.25) is 0 Å². The highest BCUT2D eigenvalue weighted by atomic mass is 19.1. The first-order chi connectivity index (χ1) is 13.1. The Morgan fingerprint density at radius 1 is 1.22 bits per heavy atom. The van der Waals surface area contributed by atoms with E-state index in [0.29, 0.717) is 13.1 Å². The summed E-state index contributed by atoms with van der Waals surface area (Å²) in [4.78, 5) is 2.16. The quantitative estimate of drug-likeness (QED) is 0.730. The van der Waals surface area contributed by atoms with Gasteiger partial charge in [0.05, 0.1) is 6.10 Å². The van der Waals surface area contributed by atoms with Gasteiger partial charge in [-0.05, 0) is 49.1 Å². The van der Waals surface area contributed by atoms with Crippen LogP contribution >= 0.6 is 0 Å². The molecule has 146 valence electrons. The van der Waals surface area contributed by atoms with Crippen LogP contribution in [0.15, 0.2) is 48.5 Å². The van der Waals surface area contributed by atoms with Gasteiger partial charge in [0.2, 0.25) is 0 Å². The Kier molecular flexibility index (Phi) is 7.21. The molecule has 0 bridgehead atoms. The molecule has 1 saturated heterocycles. The number of hydrogen-bond donors (Lipinski definition) is 1. The van der Waals surface area contributed by atoms with E-state index in [1.807, 2.05) is 31.2 Å². The van der Waals surface area contributed by atoms with Gasteiger partial charge in [-0.15, -0.1) is 0 Å². The molecule has 0 unspecified atom stereocenters. The largest absolute Gasteiger partial charge is 0.491 e. The summed E-state index contributed by atoms with van der Waals surface area (Å²) >= 11 is 0. The standard InChI is InChI=1S/C22H28FNO3/c1-17-5-2-3-7-22(17)27-16-20(25)14-24(15-21-6-4-12-26-21)13-18-8-10-19(23)11-9-18/h2-3,5,7-11,20-21,25H,4,6,12-16H2,1H3/t20-,21-/m1/s1. The van der Waals surface area contributed by atoms with Crippen molar-refractivity contribution in [2.45, 2.75) is 38.5 Å². The van der Waals surface area contributed by atoms with Crippen LogP contribution in [0.3, 0.4) is 0 Å². The van der Waals surface area contributed by atoms with E-state index in [4.69, 9.17) is 9.47 Å². The van der Waals surface area contributed by atoms with Crippen molar-refractivity contribution in [3.05, 3.63) is 65.5 Å². The van der Waals surface area contributed by atoms with Gasteiger partial charge in [-0.3, -0.25) is 4.90 Å². The van der Waals surface area contributed by atoms with Crippen LogP contribution in [-0.2, 0) is 11.3 Å². The molecule has 0 radical (unpaired) electrons. The van der Waals surface area contributed by atoms with Crippen molar-refractivity contribution in [3.63, 3.8) is 0 Å². The van der Waals surface area contributed by atoms with Crippen molar-refractivity contribution in [2.24, 2.45) is 0 Å². The van der Waals surface area contributed by atoms with Crippen molar-refractivity contribution in [1.29, 1.82) is 0 Å². The summed E-state index contributed by atoms with van der Waals surface area (Å²) in [6.45, 7) is 4.88. The Morgan fingerprint density at radius 2 is 2.00 bits per heavy atom. The molecule has 0 amide bonds. The number of nitrogens with zero attached hydrogens (tertiary/aromatic N) is 1. The molecule has 0 aliphatic carbocycles. The fraction of sp³-hybridized carbons (Fsp3) is 0.455. The Morgan fingerprint density at radius 3 is 2.70 bits per heavy atom. The van der Waals surface area contributed by atoms with E-state index < -0.39 is 6.10 Å². The Balaban J connectivity index is 1.57. The lowest BCUT2D eigenvalue weighted by Gasteiger charge is -2.27. The number of aliphatic hydroxyl groups excluding tert-OH is 1. The highest BCUT2D eigenvalue weighted by Gasteiger charge is 2.21. The van der Waals surface area contributed by atoms with Gasteiger partial charge in [-0.1, -0.05) is 30.3 Å². The van der Waals surface area contributed by atoms with Gasteiger partial charge in [-0.2, -0.15) is 0 Å². The van der Waals surface area contributed by atoms with E-state index in [2.05, 4.69) is 4.90 Å². The van der Waals surface area contributed by atoms with Gasteiger partial charge in [-0.25, -0.2) is 4.39 Å². The monoisotopic (exact) mass is 373 g/mol. The lowest BCUT2D eigenvalue weighted by molar-refractivity contribution is 0.0312. The minimum absolute atomic E-state index is 0.190. The maximum atomic E-state index is 13.2. The average molecular weight is 373 g/mol. The van der Waals surface area contributed by atoms with Gasteiger partial charge in [0, 0.05) is 26.2 Å². The lowest BCUT2D eigenvalue weighted by atomic mass is 10.1. The van der Waals surface area contributed by atoms with E-state index >= 15 is 0 Å². The zero-order valence-electron chi connectivity index (χ0n) is 15.8. The third-order valence-corrected chi connectivity index (χ3v) is 4.80. The second kappa shape index (κ2) is 9.83. The minimum Gasteiger partial charge on any atom is -0.491 e. The Hall–Kier alpha value is -1.95. The molecule has 0 saturated carbocycles. The van der Waals surface area contributed by atoms with Crippen molar-refractivity contribution < 1.29 is 19.0 Å². The summed E-state index contributed by atoms with van der Waals surface area (Å²) in [5.41, 5.74) is 2.06. The second-order valence-corrected chi connectivity index (χ2v) is 7.19. The molecular weight excluding hydrogens is 345 g/mol. The third kappa shape index (κ3) is 6.31. The second-order valence-electron chi connectivity index (χ2n) is 7.19. The van der Waals surface area contributed by atoms with Crippen LogP contribution in [-0.4, -0.2) is 48.5 Å². The number of benzene rings is 2. The molecule has 1 heterocycles. The zero-order chi connectivity index (χ0) is 19.1. The van der Waals surface area contributed by atoms with Gasteiger partial charge in [0.1, 0.15) is 24.3 Å². The summed E-state index contributed by atoms with van der Waals surface area (Å²) in [5, 5.41) is 10.5. The van der Waals surface area contributed by atoms with Crippen molar-refractivity contribution in [1.82, 2.24) is 4.90 Å². The number of rotatable bonds is 9. The molecule has 3 rings (SSSR count). The topological polar surface area (TPSA) is 41.9 Å². The van der Waals surface area contributed by atoms with E-state index in [1.54, 1.807) is 12.1 Å². The van der Waals surface area contributed by atoms with Crippen LogP contribution in [0, 0.1) is 12.7 Å². The average Bonchev–Trinajstić information content (AvgIpc) is 3.16. The Bertz CT molecular complexity index is 701. The van der Waals surface area contributed by atoms with Crippen LogP contribution in [0.5, 0.6) is 5.75 Å². The molecule has 5 heteroatoms. The first-order valence-corrected chi connectivity index (χ1v) is 9.55. The molecule has 1 aliphatic heterocycles. The van der Waals surface area contributed by atoms with E-state index in [9.17, 15) is 9.50 Å². The van der Waals surface area contributed by atoms with Crippen molar-refractivity contribution >= 4 is 0 Å². The van der Waals surface area contributed by atoms with E-state index in [-0.39, 0.29) is 18.5 Å². The lowest BCUT2D eigenvalue weighted by Crippen LogP contribution is -2.39. The molecule has 0 spiro atoms. The predicted octanol–water partition coefficient (Wildman–Crippen LogP) is 3.56. The number of hydrogen-bond acceptors (Lipinski definition) is 4. The minimum atomic E-state index is -0.619. The highest BCUT2D eigenvalue weighted by Crippen LogP contribution is 2.18. The molecule has 27 heavy (non-hydrogen) atoms. The smallest absolute Gasteiger partial charge is 0.123 e. The van der Waals surface area contributed by atoms with Gasteiger partial charge >= 0.3 is 0 Å². The third-order valence-electron chi connectivity index (χ3n) is 4.80. The summed E-state index contributed by atoms with van der Waals surface area (Å²) in [5.74, 6) is 0.553. The SMILES string of the molecule is Cc1ccccc1OC[C@H](O)CN(Cc1ccc(F)cc1)C[C@H]1CCCO1. The predicted molar refractivity (Wildman–Crippen MR) is 103 cm³/mol. The maximum absolute atomic E-state index is 13.2. The van der Waals surface area contributed by atoms with Crippen molar-refractivity contribution in [2.75, 3.05) is 26.3 Å². The molecule has 2 atom stereocenters. The molecule has 2 aromatic rings. The first kappa shape index (κ1) is 19.8. The van der Waals surface area contributed by atoms with Crippen molar-refractivity contribution in [3.8, 4) is 5.75 Å². The van der Waals surface area contributed by atoms with Crippen LogP contribution < -0.4 is 4.74 Å². The Labute approximate surface area is 160 Å². The van der Waals surface area contributed by atoms with E-state index in [0.717, 1.165) is 42.9 Å². The summed E-state index contributed by atoms with van der Waals surface area (Å²) in [6.07, 6.45) is 1.69. The van der Waals surface area contributed by atoms with E-state index in [1.165, 1.54) is 12.1 Å². The molecule has 1 fully saturated rings. The van der Waals surface area contributed by atoms with Gasteiger partial charge in [0.25, 0.3) is 0 Å². The molecule has 0 aromatic heterocycles. The van der Waals surface area contributed by atoms with Gasteiger partial charge in [0.15, 0.2) is 0 Å². The normalized spacial score (nSPS) is 18.0. The number of halogens is 1. The molecule has 4 nitrogen and oxygen atoms in total. The number of ether oxygens (including phenoxy) is 2. The number of aliphatic hydroxyl groups is 1.